The molecule has 0 unspecified atom stereocenters. The van der Waals surface area contributed by atoms with Crippen LogP contribution in [-0.2, 0) is 19.1 Å². The van der Waals surface area contributed by atoms with Gasteiger partial charge in [-0.2, -0.15) is 0 Å². The van der Waals surface area contributed by atoms with Gasteiger partial charge >= 0.3 is 5.97 Å². The SMILES string of the molecule is CCOC(=O)CN1C(=O)CN(C(=O)COc2cccc(OC)c2)c2cc(C)c(C)cc21. The summed E-state index contributed by atoms with van der Waals surface area (Å²) in [6.07, 6.45) is 0. The van der Waals surface area contributed by atoms with Crippen molar-refractivity contribution in [3.63, 3.8) is 0 Å². The van der Waals surface area contributed by atoms with Crippen LogP contribution in [0.2, 0.25) is 0 Å². The highest BCUT2D eigenvalue weighted by Gasteiger charge is 2.34. The molecule has 0 atom stereocenters. The first-order chi connectivity index (χ1) is 14.8. The Morgan fingerprint density at radius 1 is 1.03 bits per heavy atom. The predicted octanol–water partition coefficient (Wildman–Crippen LogP) is 2.63. The van der Waals surface area contributed by atoms with E-state index in [9.17, 15) is 14.4 Å². The van der Waals surface area contributed by atoms with E-state index in [1.165, 1.54) is 9.80 Å². The van der Waals surface area contributed by atoms with Crippen LogP contribution in [0.25, 0.3) is 0 Å². The number of aryl methyl sites for hydroxylation is 2. The van der Waals surface area contributed by atoms with Crippen LogP contribution in [0.3, 0.4) is 0 Å². The van der Waals surface area contributed by atoms with Crippen molar-refractivity contribution < 1.29 is 28.6 Å². The van der Waals surface area contributed by atoms with E-state index >= 15 is 0 Å². The summed E-state index contributed by atoms with van der Waals surface area (Å²) in [5.74, 6) is -0.124. The van der Waals surface area contributed by atoms with Gasteiger partial charge in [0.25, 0.3) is 5.91 Å². The van der Waals surface area contributed by atoms with Gasteiger partial charge in [0.05, 0.1) is 25.1 Å². The quantitative estimate of drug-likeness (QED) is 0.633. The minimum atomic E-state index is -0.499. The molecular weight excluding hydrogens is 400 g/mol. The van der Waals surface area contributed by atoms with Gasteiger partial charge in [0.15, 0.2) is 6.61 Å². The molecule has 164 valence electrons. The molecule has 8 heteroatoms. The second-order valence-corrected chi connectivity index (χ2v) is 7.16. The fraction of sp³-hybridized carbons (Fsp3) is 0.348. The topological polar surface area (TPSA) is 85.4 Å². The Kier molecular flexibility index (Phi) is 6.79. The zero-order valence-electron chi connectivity index (χ0n) is 18.1. The molecule has 1 aliphatic rings. The summed E-state index contributed by atoms with van der Waals surface area (Å²) in [7, 11) is 1.55. The van der Waals surface area contributed by atoms with Gasteiger partial charge in [-0.05, 0) is 56.2 Å². The van der Waals surface area contributed by atoms with Crippen LogP contribution in [0.1, 0.15) is 18.1 Å². The minimum Gasteiger partial charge on any atom is -0.497 e. The molecule has 31 heavy (non-hydrogen) atoms. The Hall–Kier alpha value is -3.55. The average Bonchev–Trinajstić information content (AvgIpc) is 2.75. The van der Waals surface area contributed by atoms with E-state index in [0.717, 1.165) is 11.1 Å². The molecule has 2 aromatic rings. The van der Waals surface area contributed by atoms with Crippen molar-refractivity contribution in [3.8, 4) is 11.5 Å². The molecule has 0 bridgehead atoms. The Balaban J connectivity index is 1.85. The second kappa shape index (κ2) is 9.51. The number of carbonyl (C=O) groups excluding carboxylic acids is 3. The van der Waals surface area contributed by atoms with Crippen molar-refractivity contribution in [2.75, 3.05) is 43.2 Å². The van der Waals surface area contributed by atoms with E-state index < -0.39 is 5.97 Å². The first kappa shape index (κ1) is 22.1. The molecule has 3 rings (SSSR count). The average molecular weight is 426 g/mol. The number of carbonyl (C=O) groups is 3. The molecular formula is C23H26N2O6. The summed E-state index contributed by atoms with van der Waals surface area (Å²) >= 11 is 0. The maximum atomic E-state index is 13.0. The number of rotatable bonds is 7. The molecule has 0 spiro atoms. The minimum absolute atomic E-state index is 0.185. The largest absolute Gasteiger partial charge is 0.497 e. The van der Waals surface area contributed by atoms with Gasteiger partial charge in [-0.15, -0.1) is 0 Å². The molecule has 0 aliphatic carbocycles. The van der Waals surface area contributed by atoms with Crippen molar-refractivity contribution >= 4 is 29.2 Å². The van der Waals surface area contributed by atoms with Gasteiger partial charge in [0, 0.05) is 6.07 Å². The van der Waals surface area contributed by atoms with E-state index in [1.807, 2.05) is 26.0 Å². The molecule has 0 saturated carbocycles. The van der Waals surface area contributed by atoms with Gasteiger partial charge in [0.1, 0.15) is 24.6 Å². The number of fused-ring (bicyclic) bond motifs is 1. The number of amides is 2. The first-order valence-electron chi connectivity index (χ1n) is 9.98. The smallest absolute Gasteiger partial charge is 0.326 e. The molecule has 0 fully saturated rings. The molecule has 0 saturated heterocycles. The summed E-state index contributed by atoms with van der Waals surface area (Å²) in [5.41, 5.74) is 2.98. The molecule has 1 aliphatic heterocycles. The van der Waals surface area contributed by atoms with Crippen molar-refractivity contribution in [2.24, 2.45) is 0 Å². The lowest BCUT2D eigenvalue weighted by Gasteiger charge is -2.36. The third kappa shape index (κ3) is 4.96. The molecule has 2 amide bonds. The van der Waals surface area contributed by atoms with Crippen molar-refractivity contribution in [3.05, 3.63) is 47.5 Å². The molecule has 8 nitrogen and oxygen atoms in total. The Morgan fingerprint density at radius 3 is 2.39 bits per heavy atom. The lowest BCUT2D eigenvalue weighted by Crippen LogP contribution is -2.51. The Morgan fingerprint density at radius 2 is 1.71 bits per heavy atom. The highest BCUT2D eigenvalue weighted by atomic mass is 16.5. The standard InChI is InChI=1S/C23H26N2O6/c1-5-30-23(28)13-25-20-10-16(3)15(2)9-19(20)24(12-21(25)26)22(27)14-31-18-8-6-7-17(11-18)29-4/h6-11H,5,12-14H2,1-4H3. The first-order valence-corrected chi connectivity index (χ1v) is 9.98. The van der Waals surface area contributed by atoms with Crippen LogP contribution in [0, 0.1) is 13.8 Å². The number of hydrogen-bond acceptors (Lipinski definition) is 6. The van der Waals surface area contributed by atoms with Crippen LogP contribution < -0.4 is 19.3 Å². The molecule has 0 N–H and O–H groups in total. The normalized spacial score (nSPS) is 13.0. The number of esters is 1. The maximum absolute atomic E-state index is 13.0. The van der Waals surface area contributed by atoms with E-state index in [2.05, 4.69) is 0 Å². The number of benzene rings is 2. The molecule has 0 aromatic heterocycles. The van der Waals surface area contributed by atoms with Crippen LogP contribution in [0.5, 0.6) is 11.5 Å². The van der Waals surface area contributed by atoms with Gasteiger partial charge in [0.2, 0.25) is 5.91 Å². The number of nitrogens with zero attached hydrogens (tertiary/aromatic N) is 2. The van der Waals surface area contributed by atoms with E-state index in [0.29, 0.717) is 22.9 Å². The van der Waals surface area contributed by atoms with Gasteiger partial charge in [-0.25, -0.2) is 0 Å². The molecule has 1 heterocycles. The third-order valence-corrected chi connectivity index (χ3v) is 5.06. The van der Waals surface area contributed by atoms with Crippen molar-refractivity contribution in [1.82, 2.24) is 0 Å². The summed E-state index contributed by atoms with van der Waals surface area (Å²) in [6.45, 7) is 5.14. The lowest BCUT2D eigenvalue weighted by molar-refractivity contribution is -0.142. The van der Waals surface area contributed by atoms with Crippen LogP contribution in [0.15, 0.2) is 36.4 Å². The summed E-state index contributed by atoms with van der Waals surface area (Å²) in [4.78, 5) is 40.6. The number of anilines is 2. The third-order valence-electron chi connectivity index (χ3n) is 5.06. The zero-order chi connectivity index (χ0) is 22.5. The highest BCUT2D eigenvalue weighted by Crippen LogP contribution is 2.36. The zero-order valence-corrected chi connectivity index (χ0v) is 18.1. The van der Waals surface area contributed by atoms with Crippen molar-refractivity contribution in [1.29, 1.82) is 0 Å². The number of hydrogen-bond donors (Lipinski definition) is 0. The Bertz CT molecular complexity index is 1000. The number of ether oxygens (including phenoxy) is 3. The van der Waals surface area contributed by atoms with Crippen LogP contribution >= 0.6 is 0 Å². The summed E-state index contributed by atoms with van der Waals surface area (Å²) < 4.78 is 15.8. The predicted molar refractivity (Wildman–Crippen MR) is 116 cm³/mol. The molecule has 2 aromatic carbocycles. The van der Waals surface area contributed by atoms with Gasteiger partial charge < -0.3 is 14.2 Å². The van der Waals surface area contributed by atoms with E-state index in [1.54, 1.807) is 38.3 Å². The van der Waals surface area contributed by atoms with Crippen molar-refractivity contribution in [2.45, 2.75) is 20.8 Å². The van der Waals surface area contributed by atoms with Crippen LogP contribution in [-0.4, -0.2) is 51.2 Å². The molecule has 0 radical (unpaired) electrons. The fourth-order valence-corrected chi connectivity index (χ4v) is 3.30. The highest BCUT2D eigenvalue weighted by molar-refractivity contribution is 6.13. The second-order valence-electron chi connectivity index (χ2n) is 7.16. The van der Waals surface area contributed by atoms with Gasteiger partial charge in [-0.1, -0.05) is 6.07 Å². The van der Waals surface area contributed by atoms with Crippen LogP contribution in [0.4, 0.5) is 11.4 Å². The fourth-order valence-electron chi connectivity index (χ4n) is 3.30. The summed E-state index contributed by atoms with van der Waals surface area (Å²) in [6, 6.07) is 10.6. The Labute approximate surface area is 181 Å². The van der Waals surface area contributed by atoms with Gasteiger partial charge in [-0.3, -0.25) is 24.2 Å². The van der Waals surface area contributed by atoms with E-state index in [4.69, 9.17) is 14.2 Å². The lowest BCUT2D eigenvalue weighted by atomic mass is 10.0. The van der Waals surface area contributed by atoms with E-state index in [-0.39, 0.29) is 38.1 Å². The number of methoxy groups -OCH3 is 1. The summed E-state index contributed by atoms with van der Waals surface area (Å²) in [5, 5.41) is 0. The maximum Gasteiger partial charge on any atom is 0.326 e. The monoisotopic (exact) mass is 426 g/mol.